The van der Waals surface area contributed by atoms with Crippen molar-refractivity contribution in [2.45, 2.75) is 31.4 Å². The number of nitrogens with zero attached hydrogens (tertiary/aromatic N) is 2. The van der Waals surface area contributed by atoms with Gasteiger partial charge < -0.3 is 16.2 Å². The molecule has 0 bridgehead atoms. The lowest BCUT2D eigenvalue weighted by atomic mass is 9.76. The number of aromatic amines is 1. The molecule has 144 valence electrons. The van der Waals surface area contributed by atoms with Crippen molar-refractivity contribution in [2.75, 3.05) is 5.73 Å². The Labute approximate surface area is 163 Å². The van der Waals surface area contributed by atoms with E-state index in [1.807, 2.05) is 48.5 Å². The van der Waals surface area contributed by atoms with Gasteiger partial charge in [0.2, 0.25) is 0 Å². The number of amides is 1. The van der Waals surface area contributed by atoms with Crippen molar-refractivity contribution in [1.82, 2.24) is 20.5 Å². The van der Waals surface area contributed by atoms with Gasteiger partial charge in [-0.25, -0.2) is 0 Å². The lowest BCUT2D eigenvalue weighted by Crippen LogP contribution is -2.48. The second-order valence-electron chi connectivity index (χ2n) is 7.22. The minimum atomic E-state index is -0.296. The van der Waals surface area contributed by atoms with Gasteiger partial charge in [-0.3, -0.25) is 14.9 Å². The number of hydrogen-bond donors (Lipinski definition) is 4. The highest BCUT2D eigenvalue weighted by Crippen LogP contribution is 2.32. The van der Waals surface area contributed by atoms with E-state index >= 15 is 0 Å². The standard InChI is InChI=1S/C21H23N5O2/c22-20-18(13-6-2-1-3-7-13)19(25-26-20)21(28)24-17(14-10-16(27)11-14)12-15-8-4-5-9-23-15/h1-9,14,16-17,27H,10-12H2,(H,24,28)(H3,22,25,26)/t14?,16?,17-/m1/s1. The molecule has 0 aliphatic heterocycles. The van der Waals surface area contributed by atoms with Gasteiger partial charge in [0.25, 0.3) is 5.91 Å². The van der Waals surface area contributed by atoms with E-state index in [1.165, 1.54) is 0 Å². The van der Waals surface area contributed by atoms with Crippen molar-refractivity contribution >= 4 is 11.7 Å². The predicted molar refractivity (Wildman–Crippen MR) is 106 cm³/mol. The van der Waals surface area contributed by atoms with Crippen molar-refractivity contribution in [3.63, 3.8) is 0 Å². The molecule has 1 saturated carbocycles. The Bertz CT molecular complexity index is 936. The third kappa shape index (κ3) is 3.75. The van der Waals surface area contributed by atoms with E-state index in [1.54, 1.807) is 6.20 Å². The molecule has 0 unspecified atom stereocenters. The summed E-state index contributed by atoms with van der Waals surface area (Å²) in [5, 5.41) is 19.6. The summed E-state index contributed by atoms with van der Waals surface area (Å²) < 4.78 is 0. The third-order valence-corrected chi connectivity index (χ3v) is 5.27. The van der Waals surface area contributed by atoms with E-state index in [4.69, 9.17) is 5.73 Å². The Morgan fingerprint density at radius 3 is 2.64 bits per heavy atom. The highest BCUT2D eigenvalue weighted by molar-refractivity contribution is 6.01. The molecule has 1 amide bonds. The number of hydrogen-bond acceptors (Lipinski definition) is 5. The number of carbonyl (C=O) groups is 1. The van der Waals surface area contributed by atoms with Gasteiger partial charge in [0.05, 0.1) is 11.7 Å². The van der Waals surface area contributed by atoms with Crippen LogP contribution >= 0.6 is 0 Å². The highest BCUT2D eigenvalue weighted by atomic mass is 16.3. The monoisotopic (exact) mass is 377 g/mol. The molecular formula is C21H23N5O2. The normalized spacial score (nSPS) is 19.6. The summed E-state index contributed by atoms with van der Waals surface area (Å²) in [7, 11) is 0. The lowest BCUT2D eigenvalue weighted by molar-refractivity contribution is 0.0237. The Morgan fingerprint density at radius 2 is 1.96 bits per heavy atom. The van der Waals surface area contributed by atoms with Crippen LogP contribution in [-0.4, -0.2) is 38.3 Å². The number of nitrogen functional groups attached to an aromatic ring is 1. The number of H-pyrrole nitrogens is 1. The molecule has 28 heavy (non-hydrogen) atoms. The molecule has 3 aromatic rings. The first-order valence-corrected chi connectivity index (χ1v) is 9.40. The first-order valence-electron chi connectivity index (χ1n) is 9.40. The van der Waals surface area contributed by atoms with Crippen LogP contribution in [0.1, 0.15) is 29.0 Å². The molecule has 1 atom stereocenters. The van der Waals surface area contributed by atoms with Crippen LogP contribution in [0.25, 0.3) is 11.1 Å². The van der Waals surface area contributed by atoms with Gasteiger partial charge in [-0.1, -0.05) is 36.4 Å². The van der Waals surface area contributed by atoms with Crippen LogP contribution < -0.4 is 11.1 Å². The maximum Gasteiger partial charge on any atom is 0.270 e. The van der Waals surface area contributed by atoms with Gasteiger partial charge >= 0.3 is 0 Å². The fourth-order valence-corrected chi connectivity index (χ4v) is 3.70. The van der Waals surface area contributed by atoms with Gasteiger partial charge in [-0.2, -0.15) is 5.10 Å². The van der Waals surface area contributed by atoms with Crippen LogP contribution in [0.2, 0.25) is 0 Å². The maximum atomic E-state index is 13.1. The summed E-state index contributed by atoms with van der Waals surface area (Å²) in [5.74, 6) is 0.239. The van der Waals surface area contributed by atoms with Gasteiger partial charge in [0, 0.05) is 24.4 Å². The number of nitrogens with one attached hydrogen (secondary N) is 2. The maximum absolute atomic E-state index is 13.1. The summed E-state index contributed by atoms with van der Waals surface area (Å²) >= 11 is 0. The van der Waals surface area contributed by atoms with E-state index in [9.17, 15) is 9.90 Å². The number of benzene rings is 1. The summed E-state index contributed by atoms with van der Waals surface area (Å²) in [5.41, 5.74) is 8.69. The molecule has 1 aliphatic carbocycles. The molecule has 7 nitrogen and oxygen atoms in total. The Hall–Kier alpha value is -3.19. The zero-order chi connectivity index (χ0) is 19.5. The Kier molecular flexibility index (Phi) is 5.08. The average molecular weight is 377 g/mol. The summed E-state index contributed by atoms with van der Waals surface area (Å²) in [6.45, 7) is 0. The minimum Gasteiger partial charge on any atom is -0.393 e. The number of rotatable bonds is 6. The minimum absolute atomic E-state index is 0.126. The van der Waals surface area contributed by atoms with E-state index in [0.29, 0.717) is 30.5 Å². The highest BCUT2D eigenvalue weighted by Gasteiger charge is 2.35. The molecule has 0 saturated heterocycles. The number of aromatic nitrogens is 3. The quantitative estimate of drug-likeness (QED) is 0.525. The molecule has 2 aromatic heterocycles. The lowest BCUT2D eigenvalue weighted by Gasteiger charge is -2.38. The predicted octanol–water partition coefficient (Wildman–Crippen LogP) is 2.17. The zero-order valence-corrected chi connectivity index (χ0v) is 15.4. The molecule has 5 N–H and O–H groups in total. The van der Waals surface area contributed by atoms with Crippen molar-refractivity contribution in [3.05, 3.63) is 66.1 Å². The van der Waals surface area contributed by atoms with Crippen molar-refractivity contribution in [3.8, 4) is 11.1 Å². The smallest absolute Gasteiger partial charge is 0.270 e. The molecule has 0 radical (unpaired) electrons. The second-order valence-corrected chi connectivity index (χ2v) is 7.22. The van der Waals surface area contributed by atoms with Crippen LogP contribution in [-0.2, 0) is 6.42 Å². The molecule has 1 fully saturated rings. The fourth-order valence-electron chi connectivity index (χ4n) is 3.70. The van der Waals surface area contributed by atoms with Gasteiger partial charge in [0.1, 0.15) is 5.69 Å². The van der Waals surface area contributed by atoms with Crippen LogP contribution in [0, 0.1) is 5.92 Å². The van der Waals surface area contributed by atoms with Gasteiger partial charge in [-0.15, -0.1) is 0 Å². The molecule has 2 heterocycles. The third-order valence-electron chi connectivity index (χ3n) is 5.27. The van der Waals surface area contributed by atoms with Crippen LogP contribution in [0.5, 0.6) is 0 Å². The SMILES string of the molecule is Nc1n[nH]c(C(=O)N[C@H](Cc2ccccn2)C2CC(O)C2)c1-c1ccccc1. The van der Waals surface area contributed by atoms with E-state index < -0.39 is 0 Å². The Morgan fingerprint density at radius 1 is 1.21 bits per heavy atom. The van der Waals surface area contributed by atoms with E-state index in [-0.39, 0.29) is 29.8 Å². The Balaban J connectivity index is 1.57. The molecule has 4 rings (SSSR count). The summed E-state index contributed by atoms with van der Waals surface area (Å²) in [4.78, 5) is 17.4. The topological polar surface area (TPSA) is 117 Å². The largest absolute Gasteiger partial charge is 0.393 e. The molecule has 0 spiro atoms. The number of pyridine rings is 1. The zero-order valence-electron chi connectivity index (χ0n) is 15.4. The number of nitrogens with two attached hydrogens (primary N) is 1. The summed E-state index contributed by atoms with van der Waals surface area (Å²) in [6.07, 6.45) is 3.40. The molecule has 1 aromatic carbocycles. The molecular weight excluding hydrogens is 354 g/mol. The second kappa shape index (κ2) is 7.82. The van der Waals surface area contributed by atoms with Crippen LogP contribution in [0.3, 0.4) is 0 Å². The molecule has 7 heteroatoms. The van der Waals surface area contributed by atoms with Crippen molar-refractivity contribution in [1.29, 1.82) is 0 Å². The van der Waals surface area contributed by atoms with Crippen molar-refractivity contribution < 1.29 is 9.90 Å². The van der Waals surface area contributed by atoms with Gasteiger partial charge in [0.15, 0.2) is 5.82 Å². The fraction of sp³-hybridized carbons (Fsp3) is 0.286. The number of carbonyl (C=O) groups excluding carboxylic acids is 1. The van der Waals surface area contributed by atoms with Crippen molar-refractivity contribution in [2.24, 2.45) is 5.92 Å². The van der Waals surface area contributed by atoms with E-state index in [0.717, 1.165) is 11.3 Å². The average Bonchev–Trinajstić information content (AvgIpc) is 3.08. The number of aliphatic hydroxyl groups is 1. The first kappa shape index (κ1) is 18.2. The first-order chi connectivity index (χ1) is 13.6. The number of anilines is 1. The summed E-state index contributed by atoms with van der Waals surface area (Å²) in [6, 6.07) is 15.1. The van der Waals surface area contributed by atoms with E-state index in [2.05, 4.69) is 20.5 Å². The number of aliphatic hydroxyl groups excluding tert-OH is 1. The molecule has 1 aliphatic rings. The van der Waals surface area contributed by atoms with Crippen LogP contribution in [0.15, 0.2) is 54.7 Å². The van der Waals surface area contributed by atoms with Gasteiger partial charge in [-0.05, 0) is 36.5 Å². The van der Waals surface area contributed by atoms with Crippen LogP contribution in [0.4, 0.5) is 5.82 Å².